The Morgan fingerprint density at radius 3 is 2.82 bits per heavy atom. The molecule has 1 amide bonds. The number of nitriles is 1. The zero-order valence-electron chi connectivity index (χ0n) is 11.9. The molecular formula is C14H15ClN2O4S. The highest BCUT2D eigenvalue weighted by molar-refractivity contribution is 7.91. The second kappa shape index (κ2) is 6.15. The maximum Gasteiger partial charge on any atom is 0.258 e. The molecule has 118 valence electrons. The van der Waals surface area contributed by atoms with E-state index in [0.29, 0.717) is 17.7 Å². The number of nitrogens with one attached hydrogen (secondary N) is 1. The highest BCUT2D eigenvalue weighted by Crippen LogP contribution is 2.25. The number of hydrogen-bond acceptors (Lipinski definition) is 5. The van der Waals surface area contributed by atoms with Gasteiger partial charge in [0.05, 0.1) is 33.7 Å². The molecule has 2 rings (SSSR count). The van der Waals surface area contributed by atoms with Crippen LogP contribution in [-0.4, -0.2) is 38.0 Å². The molecule has 1 N–H and O–H groups in total. The number of rotatable bonds is 4. The number of benzene rings is 1. The monoisotopic (exact) mass is 342 g/mol. The maximum atomic E-state index is 11.9. The summed E-state index contributed by atoms with van der Waals surface area (Å²) in [5.41, 5.74) is -0.362. The van der Waals surface area contributed by atoms with Gasteiger partial charge in [0.2, 0.25) is 0 Å². The summed E-state index contributed by atoms with van der Waals surface area (Å²) in [5, 5.41) is 11.7. The van der Waals surface area contributed by atoms with E-state index in [1.807, 2.05) is 6.07 Å². The molecule has 0 spiro atoms. The zero-order chi connectivity index (χ0) is 16.4. The van der Waals surface area contributed by atoms with E-state index in [0.717, 1.165) is 0 Å². The van der Waals surface area contributed by atoms with E-state index >= 15 is 0 Å². The Morgan fingerprint density at radius 1 is 1.55 bits per heavy atom. The van der Waals surface area contributed by atoms with E-state index in [1.165, 1.54) is 18.2 Å². The molecule has 1 aromatic carbocycles. The highest BCUT2D eigenvalue weighted by atomic mass is 35.5. The lowest BCUT2D eigenvalue weighted by Gasteiger charge is -2.23. The van der Waals surface area contributed by atoms with Gasteiger partial charge in [0, 0.05) is 0 Å². The van der Waals surface area contributed by atoms with Crippen LogP contribution in [0.1, 0.15) is 18.9 Å². The first kappa shape index (κ1) is 16.6. The summed E-state index contributed by atoms with van der Waals surface area (Å²) < 4.78 is 28.3. The summed E-state index contributed by atoms with van der Waals surface area (Å²) >= 11 is 5.94. The fourth-order valence-corrected chi connectivity index (χ4v) is 4.64. The van der Waals surface area contributed by atoms with Crippen molar-refractivity contribution in [1.82, 2.24) is 5.32 Å². The van der Waals surface area contributed by atoms with Gasteiger partial charge < -0.3 is 10.1 Å². The van der Waals surface area contributed by atoms with E-state index in [-0.39, 0.29) is 23.1 Å². The molecule has 0 unspecified atom stereocenters. The predicted molar refractivity (Wildman–Crippen MR) is 81.5 cm³/mol. The fraction of sp³-hybridized carbons (Fsp3) is 0.429. The summed E-state index contributed by atoms with van der Waals surface area (Å²) in [5.74, 6) is -0.116. The summed E-state index contributed by atoms with van der Waals surface area (Å²) in [6.07, 6.45) is 0.388. The van der Waals surface area contributed by atoms with Crippen LogP contribution in [0.2, 0.25) is 5.02 Å². The van der Waals surface area contributed by atoms with Gasteiger partial charge in [-0.25, -0.2) is 8.42 Å². The van der Waals surface area contributed by atoms with Gasteiger partial charge in [-0.05, 0) is 31.5 Å². The first-order valence-electron chi connectivity index (χ1n) is 6.57. The van der Waals surface area contributed by atoms with E-state index in [1.54, 1.807) is 6.92 Å². The summed E-state index contributed by atoms with van der Waals surface area (Å²) in [6.45, 7) is 1.42. The molecule has 1 aliphatic rings. The van der Waals surface area contributed by atoms with Crippen LogP contribution in [0.5, 0.6) is 5.75 Å². The normalized spacial score (nSPS) is 22.8. The van der Waals surface area contributed by atoms with Crippen LogP contribution < -0.4 is 10.1 Å². The van der Waals surface area contributed by atoms with Gasteiger partial charge in [0.25, 0.3) is 5.91 Å². The quantitative estimate of drug-likeness (QED) is 0.889. The molecule has 8 heteroatoms. The molecule has 0 bridgehead atoms. The molecule has 1 aromatic rings. The van der Waals surface area contributed by atoms with Crippen LogP contribution in [0.15, 0.2) is 18.2 Å². The molecule has 1 fully saturated rings. The summed E-state index contributed by atoms with van der Waals surface area (Å²) in [4.78, 5) is 11.9. The molecule has 0 saturated carbocycles. The van der Waals surface area contributed by atoms with Crippen molar-refractivity contribution in [1.29, 1.82) is 5.26 Å². The standard InChI is InChI=1S/C14H15ClN2O4S/c1-14(4-5-22(19,20)9-14)17-13(18)8-21-12-3-2-10(7-16)6-11(12)15/h2-3,6H,4-5,8-9H2,1H3,(H,17,18)/t14-/m1/s1. The zero-order valence-corrected chi connectivity index (χ0v) is 13.5. The van der Waals surface area contributed by atoms with E-state index in [9.17, 15) is 13.2 Å². The van der Waals surface area contributed by atoms with E-state index in [2.05, 4.69) is 5.32 Å². The largest absolute Gasteiger partial charge is 0.482 e. The van der Waals surface area contributed by atoms with Crippen LogP contribution in [0.25, 0.3) is 0 Å². The number of hydrogen-bond donors (Lipinski definition) is 1. The number of nitrogens with zero attached hydrogens (tertiary/aromatic N) is 1. The average molecular weight is 343 g/mol. The van der Waals surface area contributed by atoms with Crippen LogP contribution >= 0.6 is 11.6 Å². The molecule has 0 aliphatic carbocycles. The van der Waals surface area contributed by atoms with Crippen molar-refractivity contribution in [3.05, 3.63) is 28.8 Å². The third kappa shape index (κ3) is 4.12. The third-order valence-corrected chi connectivity index (χ3v) is 5.56. The van der Waals surface area contributed by atoms with Crippen LogP contribution in [0.3, 0.4) is 0 Å². The Morgan fingerprint density at radius 2 is 2.27 bits per heavy atom. The summed E-state index contributed by atoms with van der Waals surface area (Å²) in [6, 6.07) is 6.43. The first-order valence-corrected chi connectivity index (χ1v) is 8.77. The molecule has 22 heavy (non-hydrogen) atoms. The minimum Gasteiger partial charge on any atom is -0.482 e. The topological polar surface area (TPSA) is 96.3 Å². The van der Waals surface area contributed by atoms with Crippen LogP contribution in [0.4, 0.5) is 0 Å². The number of amides is 1. The van der Waals surface area contributed by atoms with Gasteiger partial charge in [-0.3, -0.25) is 4.79 Å². The number of carbonyl (C=O) groups is 1. The van der Waals surface area contributed by atoms with Gasteiger partial charge in [0.1, 0.15) is 5.75 Å². The fourth-order valence-electron chi connectivity index (χ4n) is 2.31. The highest BCUT2D eigenvalue weighted by Gasteiger charge is 2.39. The third-order valence-electron chi connectivity index (χ3n) is 3.36. The minimum absolute atomic E-state index is 0.0661. The first-order chi connectivity index (χ1) is 10.2. The van der Waals surface area contributed by atoms with Crippen molar-refractivity contribution >= 4 is 27.3 Å². The Kier molecular flexibility index (Phi) is 4.63. The van der Waals surface area contributed by atoms with Crippen molar-refractivity contribution in [3.8, 4) is 11.8 Å². The van der Waals surface area contributed by atoms with Gasteiger partial charge >= 0.3 is 0 Å². The Bertz CT molecular complexity index is 742. The van der Waals surface area contributed by atoms with E-state index < -0.39 is 21.3 Å². The lowest BCUT2D eigenvalue weighted by molar-refractivity contribution is -0.124. The molecule has 6 nitrogen and oxygen atoms in total. The maximum absolute atomic E-state index is 11.9. The lowest BCUT2D eigenvalue weighted by Crippen LogP contribution is -2.48. The Balaban J connectivity index is 1.93. The molecule has 1 saturated heterocycles. The number of halogens is 1. The number of sulfone groups is 1. The lowest BCUT2D eigenvalue weighted by atomic mass is 10.0. The minimum atomic E-state index is -3.09. The second-order valence-corrected chi connectivity index (χ2v) is 8.09. The SMILES string of the molecule is C[C@@]1(NC(=O)COc2ccc(C#N)cc2Cl)CCS(=O)(=O)C1. The number of carbonyl (C=O) groups excluding carboxylic acids is 1. The number of ether oxygens (including phenoxy) is 1. The van der Waals surface area contributed by atoms with Crippen molar-refractivity contribution < 1.29 is 17.9 Å². The van der Waals surface area contributed by atoms with Crippen molar-refractivity contribution in [2.75, 3.05) is 18.1 Å². The van der Waals surface area contributed by atoms with Gasteiger partial charge in [0.15, 0.2) is 16.4 Å². The summed E-state index contributed by atoms with van der Waals surface area (Å²) in [7, 11) is -3.09. The Hall–Kier alpha value is -1.78. The molecule has 0 aromatic heterocycles. The van der Waals surface area contributed by atoms with Gasteiger partial charge in [-0.2, -0.15) is 5.26 Å². The Labute approximate surface area is 133 Å². The molecule has 0 radical (unpaired) electrons. The van der Waals surface area contributed by atoms with Crippen LogP contribution in [-0.2, 0) is 14.6 Å². The predicted octanol–water partition coefficient (Wildman–Crippen LogP) is 1.28. The average Bonchev–Trinajstić information content (AvgIpc) is 2.70. The van der Waals surface area contributed by atoms with Crippen molar-refractivity contribution in [2.45, 2.75) is 18.9 Å². The van der Waals surface area contributed by atoms with Crippen molar-refractivity contribution in [3.63, 3.8) is 0 Å². The second-order valence-electron chi connectivity index (χ2n) is 5.50. The van der Waals surface area contributed by atoms with Gasteiger partial charge in [-0.15, -0.1) is 0 Å². The molecule has 1 heterocycles. The van der Waals surface area contributed by atoms with Gasteiger partial charge in [-0.1, -0.05) is 11.6 Å². The van der Waals surface area contributed by atoms with Crippen LogP contribution in [0, 0.1) is 11.3 Å². The molecule has 1 atom stereocenters. The van der Waals surface area contributed by atoms with Crippen molar-refractivity contribution in [2.24, 2.45) is 0 Å². The van der Waals surface area contributed by atoms with E-state index in [4.69, 9.17) is 21.6 Å². The molecule has 1 aliphatic heterocycles. The molecular weight excluding hydrogens is 328 g/mol. The smallest absolute Gasteiger partial charge is 0.258 e.